The van der Waals surface area contributed by atoms with E-state index in [0.717, 1.165) is 5.56 Å². The maximum absolute atomic E-state index is 12.7. The van der Waals surface area contributed by atoms with Crippen molar-refractivity contribution in [2.45, 2.75) is 33.4 Å². The van der Waals surface area contributed by atoms with Crippen molar-refractivity contribution >= 4 is 17.6 Å². The highest BCUT2D eigenvalue weighted by atomic mass is 16.2. The molecule has 7 nitrogen and oxygen atoms in total. The first-order valence-electron chi connectivity index (χ1n) is 8.65. The van der Waals surface area contributed by atoms with Gasteiger partial charge in [-0.2, -0.15) is 5.26 Å². The average molecular weight is 364 g/mol. The zero-order chi connectivity index (χ0) is 19.9. The Labute approximate surface area is 159 Å². The lowest BCUT2D eigenvalue weighted by molar-refractivity contribution is 0.0884. The van der Waals surface area contributed by atoms with Crippen LogP contribution < -0.4 is 16.0 Å². The molecule has 0 fully saturated rings. The number of aromatic nitrogens is 1. The number of carbonyl (C=O) groups excluding carboxylic acids is 1. The van der Waals surface area contributed by atoms with Crippen molar-refractivity contribution in [1.29, 1.82) is 5.26 Å². The van der Waals surface area contributed by atoms with Crippen LogP contribution in [0.3, 0.4) is 0 Å². The van der Waals surface area contributed by atoms with E-state index in [0.29, 0.717) is 11.3 Å². The summed E-state index contributed by atoms with van der Waals surface area (Å²) < 4.78 is 0. The minimum atomic E-state index is -0.935. The van der Waals surface area contributed by atoms with Crippen molar-refractivity contribution in [3.8, 4) is 6.19 Å². The second-order valence-electron chi connectivity index (χ2n) is 6.69. The highest BCUT2D eigenvalue weighted by Gasteiger charge is 2.31. The molecular weight excluding hydrogens is 340 g/mol. The summed E-state index contributed by atoms with van der Waals surface area (Å²) in [6.45, 7) is 7.65. The number of pyridine rings is 1. The zero-order valence-electron chi connectivity index (χ0n) is 15.9. The number of aliphatic imine (C=N–C) groups is 1. The third-order valence-corrected chi connectivity index (χ3v) is 4.21. The molecule has 1 amide bonds. The Kier molecular flexibility index (Phi) is 6.50. The number of nitrogens with zero attached hydrogens (tertiary/aromatic N) is 3. The molecular formula is C20H24N6O. The van der Waals surface area contributed by atoms with Crippen molar-refractivity contribution in [3.63, 3.8) is 0 Å². The van der Waals surface area contributed by atoms with Gasteiger partial charge in [0, 0.05) is 11.8 Å². The van der Waals surface area contributed by atoms with Crippen molar-refractivity contribution < 1.29 is 4.79 Å². The Hall–Kier alpha value is -3.40. The molecule has 0 radical (unpaired) electrons. The van der Waals surface area contributed by atoms with Crippen LogP contribution in [0.25, 0.3) is 0 Å². The third-order valence-electron chi connectivity index (χ3n) is 4.21. The van der Waals surface area contributed by atoms with E-state index in [1.54, 1.807) is 30.6 Å². The normalized spacial score (nSPS) is 13.4. The maximum Gasteiger partial charge on any atom is 0.253 e. The molecule has 1 atom stereocenters. The number of amides is 1. The fourth-order valence-electron chi connectivity index (χ4n) is 2.34. The number of rotatable bonds is 5. The van der Waals surface area contributed by atoms with Crippen molar-refractivity contribution in [2.75, 3.05) is 5.32 Å². The van der Waals surface area contributed by atoms with E-state index < -0.39 is 5.66 Å². The van der Waals surface area contributed by atoms with E-state index in [1.807, 2.05) is 52.1 Å². The first-order valence-corrected chi connectivity index (χ1v) is 8.65. The SMILES string of the molecule is Cc1cccc(C(=O)NC(C)(/N=C(/NC#N)Nc2cccnc2)C(C)C)c1. The lowest BCUT2D eigenvalue weighted by atomic mass is 9.98. The Bertz CT molecular complexity index is 856. The van der Waals surface area contributed by atoms with E-state index in [-0.39, 0.29) is 17.8 Å². The zero-order valence-corrected chi connectivity index (χ0v) is 15.9. The van der Waals surface area contributed by atoms with Gasteiger partial charge < -0.3 is 10.6 Å². The summed E-state index contributed by atoms with van der Waals surface area (Å²) in [5.74, 6) is -0.0278. The first kappa shape index (κ1) is 19.9. The van der Waals surface area contributed by atoms with Gasteiger partial charge in [0.2, 0.25) is 5.96 Å². The number of carbonyl (C=O) groups is 1. The summed E-state index contributed by atoms with van der Waals surface area (Å²) in [7, 11) is 0. The van der Waals surface area contributed by atoms with Crippen molar-refractivity contribution in [2.24, 2.45) is 10.9 Å². The van der Waals surface area contributed by atoms with Crippen LogP contribution in [0.15, 0.2) is 53.8 Å². The van der Waals surface area contributed by atoms with Gasteiger partial charge in [0.05, 0.1) is 11.9 Å². The molecule has 1 aromatic carbocycles. The number of hydrogen-bond donors (Lipinski definition) is 3. The minimum Gasteiger partial charge on any atom is -0.328 e. The lowest BCUT2D eigenvalue weighted by Gasteiger charge is -2.31. The maximum atomic E-state index is 12.7. The Morgan fingerprint density at radius 2 is 2.07 bits per heavy atom. The number of nitriles is 1. The van der Waals surface area contributed by atoms with Crippen LogP contribution in [0.1, 0.15) is 36.7 Å². The number of nitrogens with one attached hydrogen (secondary N) is 3. The van der Waals surface area contributed by atoms with Gasteiger partial charge >= 0.3 is 0 Å². The van der Waals surface area contributed by atoms with Gasteiger partial charge in [0.1, 0.15) is 5.66 Å². The molecule has 0 bridgehead atoms. The van der Waals surface area contributed by atoms with Crippen LogP contribution in [0.4, 0.5) is 5.69 Å². The van der Waals surface area contributed by atoms with Crippen molar-refractivity contribution in [1.82, 2.24) is 15.6 Å². The molecule has 0 aliphatic rings. The number of guanidine groups is 1. The lowest BCUT2D eigenvalue weighted by Crippen LogP contribution is -2.50. The molecule has 140 valence electrons. The topological polar surface area (TPSA) is 102 Å². The fourth-order valence-corrected chi connectivity index (χ4v) is 2.34. The van der Waals surface area contributed by atoms with E-state index in [1.165, 1.54) is 0 Å². The van der Waals surface area contributed by atoms with Gasteiger partial charge in [-0.1, -0.05) is 31.5 Å². The summed E-state index contributed by atoms with van der Waals surface area (Å²) in [4.78, 5) is 21.3. The smallest absolute Gasteiger partial charge is 0.253 e. The summed E-state index contributed by atoms with van der Waals surface area (Å²) >= 11 is 0. The van der Waals surface area contributed by atoms with Crippen LogP contribution in [0.2, 0.25) is 0 Å². The van der Waals surface area contributed by atoms with E-state index in [9.17, 15) is 4.79 Å². The van der Waals surface area contributed by atoms with E-state index >= 15 is 0 Å². The molecule has 0 aliphatic carbocycles. The molecule has 1 unspecified atom stereocenters. The standard InChI is InChI=1S/C20H24N6O/c1-14(2)20(4,25-18(27)16-8-5-7-15(3)11-16)26-19(23-13-21)24-17-9-6-10-22-12-17/h5-12,14H,1-4H3,(H,25,27)(H2,23,24,26). The summed E-state index contributed by atoms with van der Waals surface area (Å²) in [5, 5.41) is 17.6. The second-order valence-corrected chi connectivity index (χ2v) is 6.69. The Balaban J connectivity index is 2.30. The second kappa shape index (κ2) is 8.81. The Morgan fingerprint density at radius 3 is 2.67 bits per heavy atom. The molecule has 7 heteroatoms. The van der Waals surface area contributed by atoms with Crippen molar-refractivity contribution in [3.05, 3.63) is 59.9 Å². The molecule has 1 aromatic heterocycles. The quantitative estimate of drug-likeness (QED) is 0.328. The monoisotopic (exact) mass is 364 g/mol. The van der Waals surface area contributed by atoms with Crippen LogP contribution >= 0.6 is 0 Å². The van der Waals surface area contributed by atoms with E-state index in [2.05, 4.69) is 25.9 Å². The summed E-state index contributed by atoms with van der Waals surface area (Å²) in [5.41, 5.74) is 1.31. The number of aryl methyl sites for hydroxylation is 1. The molecule has 2 rings (SSSR count). The fraction of sp³-hybridized carbons (Fsp3) is 0.300. The number of hydrogen-bond acceptors (Lipinski definition) is 4. The van der Waals surface area contributed by atoms with Crippen LogP contribution in [0.5, 0.6) is 0 Å². The molecule has 2 aromatic rings. The summed E-state index contributed by atoms with van der Waals surface area (Å²) in [6, 6.07) is 10.9. The first-order chi connectivity index (χ1) is 12.8. The predicted molar refractivity (Wildman–Crippen MR) is 106 cm³/mol. The molecule has 3 N–H and O–H groups in total. The van der Waals surface area contributed by atoms with Gasteiger partial charge in [0.15, 0.2) is 6.19 Å². The van der Waals surface area contributed by atoms with Gasteiger partial charge in [-0.25, -0.2) is 4.99 Å². The predicted octanol–water partition coefficient (Wildman–Crippen LogP) is 3.03. The van der Waals surface area contributed by atoms with Gasteiger partial charge in [-0.05, 0) is 44.0 Å². The van der Waals surface area contributed by atoms with Crippen LogP contribution in [0, 0.1) is 24.3 Å². The third kappa shape index (κ3) is 5.54. The molecule has 0 saturated carbocycles. The number of anilines is 1. The molecule has 0 aliphatic heterocycles. The van der Waals surface area contributed by atoms with Crippen LogP contribution in [-0.2, 0) is 0 Å². The largest absolute Gasteiger partial charge is 0.328 e. The highest BCUT2D eigenvalue weighted by Crippen LogP contribution is 2.20. The van der Waals surface area contributed by atoms with Crippen LogP contribution in [-0.4, -0.2) is 22.5 Å². The number of benzene rings is 1. The van der Waals surface area contributed by atoms with E-state index in [4.69, 9.17) is 5.26 Å². The van der Waals surface area contributed by atoms with Gasteiger partial charge in [-0.15, -0.1) is 0 Å². The molecule has 27 heavy (non-hydrogen) atoms. The van der Waals surface area contributed by atoms with Gasteiger partial charge in [0.25, 0.3) is 5.91 Å². The summed E-state index contributed by atoms with van der Waals surface area (Å²) in [6.07, 6.45) is 5.14. The minimum absolute atomic E-state index is 0.0301. The Morgan fingerprint density at radius 1 is 1.30 bits per heavy atom. The highest BCUT2D eigenvalue weighted by molar-refractivity contribution is 5.96. The molecule has 0 saturated heterocycles. The molecule has 1 heterocycles. The average Bonchev–Trinajstić information content (AvgIpc) is 2.62. The van der Waals surface area contributed by atoms with Gasteiger partial charge in [-0.3, -0.25) is 15.1 Å². The molecule has 0 spiro atoms.